The smallest absolute Gasteiger partial charge is 0.299 e. The van der Waals surface area contributed by atoms with Crippen molar-refractivity contribution in [2.45, 2.75) is 0 Å². The first-order valence-electron chi connectivity index (χ1n) is 2.66. The van der Waals surface area contributed by atoms with Crippen LogP contribution in [0.2, 0.25) is 0 Å². The molecule has 0 aromatic carbocycles. The van der Waals surface area contributed by atoms with Crippen LogP contribution in [0.15, 0.2) is 0 Å². The van der Waals surface area contributed by atoms with Gasteiger partial charge in [0.1, 0.15) is 0 Å². The molecule has 0 aliphatic carbocycles. The van der Waals surface area contributed by atoms with E-state index in [1.54, 1.807) is 14.1 Å². The molecule has 0 bridgehead atoms. The summed E-state index contributed by atoms with van der Waals surface area (Å²) in [6, 6.07) is 0. The second-order valence-electron chi connectivity index (χ2n) is 1.98. The molecular weight excluding hydrogens is 174 g/mol. The molecule has 0 heterocycles. The van der Waals surface area contributed by atoms with Crippen LogP contribution >= 0.6 is 0 Å². The number of hydrogen-bond donors (Lipinski definition) is 1. The Hall–Kier alpha value is -0.500. The van der Waals surface area contributed by atoms with Crippen molar-refractivity contribution in [3.63, 3.8) is 0 Å². The summed E-state index contributed by atoms with van der Waals surface area (Å²) < 4.78 is 21.4. The largest absolute Gasteiger partial charge is 0.357 e. The zero-order chi connectivity index (χ0) is 8.85. The summed E-state index contributed by atoms with van der Waals surface area (Å²) in [4.78, 5) is 15.9. The van der Waals surface area contributed by atoms with Gasteiger partial charge in [-0.25, -0.2) is 4.79 Å². The summed E-state index contributed by atoms with van der Waals surface area (Å²) in [5.41, 5.74) is 0. The normalized spacial score (nSPS) is 13.1. The maximum Gasteiger partial charge on any atom is 0.357 e. The second-order valence-corrected chi connectivity index (χ2v) is 2.55. The summed E-state index contributed by atoms with van der Waals surface area (Å²) >= 11 is -2.56. The first kappa shape index (κ1) is 10.5. The molecule has 0 rings (SSSR count). The molecular formula is C4H9NO5S. The van der Waals surface area contributed by atoms with E-state index in [9.17, 15) is 9.00 Å². The lowest BCUT2D eigenvalue weighted by Gasteiger charge is -2.05. The molecule has 1 unspecified atom stereocenters. The molecule has 0 aliphatic heterocycles. The highest BCUT2D eigenvalue weighted by atomic mass is 32.2. The highest BCUT2D eigenvalue weighted by Crippen LogP contribution is 1.85. The number of rotatable bonds is 4. The Labute approximate surface area is 66.5 Å². The van der Waals surface area contributed by atoms with Crippen molar-refractivity contribution in [3.05, 3.63) is 0 Å². The minimum absolute atomic E-state index is 0.00278. The van der Waals surface area contributed by atoms with Gasteiger partial charge in [0.15, 0.2) is 0 Å². The highest BCUT2D eigenvalue weighted by molar-refractivity contribution is 7.74. The van der Waals surface area contributed by atoms with Crippen LogP contribution in [-0.2, 0) is 25.4 Å². The van der Waals surface area contributed by atoms with Crippen molar-refractivity contribution < 1.29 is 22.8 Å². The van der Waals surface area contributed by atoms with Crippen LogP contribution in [0.5, 0.6) is 0 Å². The zero-order valence-electron chi connectivity index (χ0n) is 6.14. The molecule has 0 aromatic heterocycles. The molecule has 0 radical (unpaired) electrons. The second kappa shape index (κ2) is 5.19. The van der Waals surface area contributed by atoms with E-state index in [1.165, 1.54) is 4.90 Å². The van der Waals surface area contributed by atoms with E-state index in [0.29, 0.717) is 0 Å². The SMILES string of the molecule is CN(C)CC(=O)OOS(=O)O. The standard InChI is InChI=1S/C4H9NO5S/c1-5(2)3-4(6)9-10-11(7)8/h3H2,1-2H3,(H,7,8). The van der Waals surface area contributed by atoms with Crippen molar-refractivity contribution in [1.29, 1.82) is 0 Å². The fourth-order valence-corrected chi connectivity index (χ4v) is 0.486. The van der Waals surface area contributed by atoms with Gasteiger partial charge in [-0.15, -0.1) is 0 Å². The topological polar surface area (TPSA) is 76.1 Å². The minimum atomic E-state index is -2.56. The van der Waals surface area contributed by atoms with E-state index in [4.69, 9.17) is 4.55 Å². The lowest BCUT2D eigenvalue weighted by molar-refractivity contribution is -0.212. The van der Waals surface area contributed by atoms with Gasteiger partial charge in [0.25, 0.3) is 0 Å². The Kier molecular flexibility index (Phi) is 4.95. The number of carbonyl (C=O) groups is 1. The predicted octanol–water partition coefficient (Wildman–Crippen LogP) is -0.841. The van der Waals surface area contributed by atoms with Gasteiger partial charge >= 0.3 is 17.3 Å². The first-order valence-corrected chi connectivity index (χ1v) is 3.69. The number of nitrogens with zero attached hydrogens (tertiary/aromatic N) is 1. The average molecular weight is 183 g/mol. The van der Waals surface area contributed by atoms with Crippen LogP contribution in [0.1, 0.15) is 0 Å². The quantitative estimate of drug-likeness (QED) is 0.348. The van der Waals surface area contributed by atoms with E-state index in [1.807, 2.05) is 0 Å². The molecule has 0 aromatic rings. The predicted molar refractivity (Wildman–Crippen MR) is 36.5 cm³/mol. The van der Waals surface area contributed by atoms with Gasteiger partial charge in [-0.3, -0.25) is 14.3 Å². The third-order valence-electron chi connectivity index (χ3n) is 0.631. The van der Waals surface area contributed by atoms with Crippen LogP contribution in [0.4, 0.5) is 0 Å². The summed E-state index contributed by atoms with van der Waals surface area (Å²) in [7, 11) is 3.30. The molecule has 66 valence electrons. The van der Waals surface area contributed by atoms with Crippen LogP contribution in [0.25, 0.3) is 0 Å². The van der Waals surface area contributed by atoms with Crippen LogP contribution in [0, 0.1) is 0 Å². The third kappa shape index (κ3) is 7.40. The molecule has 11 heavy (non-hydrogen) atoms. The van der Waals surface area contributed by atoms with Crippen molar-refractivity contribution in [1.82, 2.24) is 4.90 Å². The van der Waals surface area contributed by atoms with E-state index < -0.39 is 17.3 Å². The molecule has 0 saturated carbocycles. The lowest BCUT2D eigenvalue weighted by atomic mass is 10.6. The Balaban J connectivity index is 3.45. The Bertz CT molecular complexity index is 159. The minimum Gasteiger partial charge on any atom is -0.299 e. The number of likely N-dealkylation sites (N-methyl/N-ethyl adjacent to an activating group) is 1. The van der Waals surface area contributed by atoms with Crippen molar-refractivity contribution in [3.8, 4) is 0 Å². The lowest BCUT2D eigenvalue weighted by Crippen LogP contribution is -2.23. The molecule has 0 aliphatic rings. The zero-order valence-corrected chi connectivity index (χ0v) is 6.96. The van der Waals surface area contributed by atoms with Crippen LogP contribution in [0.3, 0.4) is 0 Å². The van der Waals surface area contributed by atoms with Crippen molar-refractivity contribution in [2.24, 2.45) is 0 Å². The monoisotopic (exact) mass is 183 g/mol. The molecule has 7 heteroatoms. The van der Waals surface area contributed by atoms with Crippen molar-refractivity contribution in [2.75, 3.05) is 20.6 Å². The van der Waals surface area contributed by atoms with Gasteiger partial charge in [-0.2, -0.15) is 4.21 Å². The van der Waals surface area contributed by atoms with E-state index in [0.717, 1.165) is 0 Å². The molecule has 6 nitrogen and oxygen atoms in total. The fourth-order valence-electron chi connectivity index (χ4n) is 0.352. The maximum atomic E-state index is 10.5. The molecule has 1 atom stereocenters. The molecule has 0 fully saturated rings. The van der Waals surface area contributed by atoms with Gasteiger partial charge in [0.2, 0.25) is 0 Å². The van der Waals surface area contributed by atoms with E-state index in [2.05, 4.69) is 9.22 Å². The molecule has 0 spiro atoms. The maximum absolute atomic E-state index is 10.5. The van der Waals surface area contributed by atoms with E-state index in [-0.39, 0.29) is 6.54 Å². The number of carbonyl (C=O) groups excluding carboxylic acids is 1. The van der Waals surface area contributed by atoms with Gasteiger partial charge in [-0.05, 0) is 14.1 Å². The molecule has 0 saturated heterocycles. The van der Waals surface area contributed by atoms with Crippen molar-refractivity contribution >= 4 is 17.3 Å². The number of hydrogen-bond acceptors (Lipinski definition) is 5. The fraction of sp³-hybridized carbons (Fsp3) is 0.750. The van der Waals surface area contributed by atoms with Gasteiger partial charge < -0.3 is 0 Å². The van der Waals surface area contributed by atoms with Gasteiger partial charge in [0, 0.05) is 0 Å². The summed E-state index contributed by atoms with van der Waals surface area (Å²) in [6.07, 6.45) is 0. The van der Waals surface area contributed by atoms with E-state index >= 15 is 0 Å². The Morgan fingerprint density at radius 1 is 1.64 bits per heavy atom. The summed E-state index contributed by atoms with van der Waals surface area (Å²) in [5, 5.41) is 0. The first-order chi connectivity index (χ1) is 5.02. The third-order valence-corrected chi connectivity index (χ3v) is 0.815. The van der Waals surface area contributed by atoms with Crippen LogP contribution < -0.4 is 0 Å². The summed E-state index contributed by atoms with van der Waals surface area (Å²) in [5.74, 6) is -0.725. The Morgan fingerprint density at radius 3 is 2.55 bits per heavy atom. The molecule has 1 N–H and O–H groups in total. The Morgan fingerprint density at radius 2 is 2.18 bits per heavy atom. The molecule has 0 amide bonds. The summed E-state index contributed by atoms with van der Waals surface area (Å²) in [6.45, 7) is -0.00278. The highest BCUT2D eigenvalue weighted by Gasteiger charge is 2.06. The van der Waals surface area contributed by atoms with Gasteiger partial charge in [-0.1, -0.05) is 4.33 Å². The average Bonchev–Trinajstić information content (AvgIpc) is 1.82. The van der Waals surface area contributed by atoms with Crippen LogP contribution in [-0.4, -0.2) is 40.3 Å². The van der Waals surface area contributed by atoms with Gasteiger partial charge in [0.05, 0.1) is 6.54 Å².